The smallest absolute Gasteiger partial charge is 0.343 e. The van der Waals surface area contributed by atoms with Crippen LogP contribution in [0.1, 0.15) is 45.7 Å². The molecule has 0 aliphatic carbocycles. The molecule has 0 bridgehead atoms. The third kappa shape index (κ3) is 7.70. The molecule has 0 saturated carbocycles. The third-order valence-corrected chi connectivity index (χ3v) is 5.62. The molecule has 0 fully saturated rings. The summed E-state index contributed by atoms with van der Waals surface area (Å²) in [6.45, 7) is 4.96. The fourth-order valence-corrected chi connectivity index (χ4v) is 3.71. The normalized spacial score (nSPS) is 10.7. The molecular formula is C32H30N2O6. The van der Waals surface area contributed by atoms with Crippen molar-refractivity contribution < 1.29 is 28.5 Å². The Hall–Kier alpha value is -5.11. The van der Waals surface area contributed by atoms with Crippen molar-refractivity contribution in [3.05, 3.63) is 119 Å². The van der Waals surface area contributed by atoms with Crippen LogP contribution in [-0.2, 0) is 6.61 Å². The summed E-state index contributed by atoms with van der Waals surface area (Å²) in [5.74, 6) is 0.837. The fourth-order valence-electron chi connectivity index (χ4n) is 3.71. The largest absolute Gasteiger partial charge is 0.494 e. The number of amides is 1. The third-order valence-electron chi connectivity index (χ3n) is 5.62. The van der Waals surface area contributed by atoms with Crippen molar-refractivity contribution in [1.29, 1.82) is 0 Å². The van der Waals surface area contributed by atoms with Crippen LogP contribution < -0.4 is 24.4 Å². The van der Waals surface area contributed by atoms with Crippen molar-refractivity contribution >= 4 is 18.1 Å². The van der Waals surface area contributed by atoms with E-state index in [4.69, 9.17) is 18.9 Å². The Morgan fingerprint density at radius 3 is 2.23 bits per heavy atom. The van der Waals surface area contributed by atoms with E-state index in [1.165, 1.54) is 6.21 Å². The SMILES string of the molecule is CCOc1ccc(C(=O)Oc2ccc(/C=N/NC(=O)c3ccccc3OCc3ccccc3)cc2OCC)cc1. The Balaban J connectivity index is 1.40. The van der Waals surface area contributed by atoms with Gasteiger partial charge in [0.1, 0.15) is 18.1 Å². The molecule has 0 radical (unpaired) electrons. The summed E-state index contributed by atoms with van der Waals surface area (Å²) in [5.41, 5.74) is 4.91. The number of benzene rings is 4. The molecule has 0 aromatic heterocycles. The fraction of sp³-hybridized carbons (Fsp3) is 0.156. The van der Waals surface area contributed by atoms with Crippen LogP contribution in [0.25, 0.3) is 0 Å². The van der Waals surface area contributed by atoms with Gasteiger partial charge in [0, 0.05) is 0 Å². The number of carbonyl (C=O) groups is 2. The summed E-state index contributed by atoms with van der Waals surface area (Å²) < 4.78 is 22.5. The average molecular weight is 539 g/mol. The van der Waals surface area contributed by atoms with E-state index in [1.54, 1.807) is 66.7 Å². The summed E-state index contributed by atoms with van der Waals surface area (Å²) in [6.07, 6.45) is 1.48. The zero-order chi connectivity index (χ0) is 28.2. The van der Waals surface area contributed by atoms with Crippen LogP contribution in [0.15, 0.2) is 102 Å². The highest BCUT2D eigenvalue weighted by atomic mass is 16.6. The summed E-state index contributed by atoms with van der Waals surface area (Å²) >= 11 is 0. The van der Waals surface area contributed by atoms with Gasteiger partial charge < -0.3 is 18.9 Å². The van der Waals surface area contributed by atoms with E-state index in [1.807, 2.05) is 44.2 Å². The highest BCUT2D eigenvalue weighted by Crippen LogP contribution is 2.29. The number of ether oxygens (including phenoxy) is 4. The molecule has 4 aromatic carbocycles. The van der Waals surface area contributed by atoms with Gasteiger partial charge in [0.25, 0.3) is 5.91 Å². The van der Waals surface area contributed by atoms with Gasteiger partial charge in [0.2, 0.25) is 0 Å². The number of nitrogens with zero attached hydrogens (tertiary/aromatic N) is 1. The van der Waals surface area contributed by atoms with Crippen LogP contribution in [-0.4, -0.2) is 31.3 Å². The monoisotopic (exact) mass is 538 g/mol. The average Bonchev–Trinajstić information content (AvgIpc) is 2.98. The Bertz CT molecular complexity index is 1450. The minimum atomic E-state index is -0.522. The predicted octanol–water partition coefficient (Wildman–Crippen LogP) is 6.05. The number of para-hydroxylation sites is 1. The van der Waals surface area contributed by atoms with Gasteiger partial charge >= 0.3 is 5.97 Å². The van der Waals surface area contributed by atoms with E-state index < -0.39 is 11.9 Å². The highest BCUT2D eigenvalue weighted by Gasteiger charge is 2.14. The van der Waals surface area contributed by atoms with Crippen LogP contribution in [0, 0.1) is 0 Å². The molecule has 4 rings (SSSR count). The molecule has 0 unspecified atom stereocenters. The van der Waals surface area contributed by atoms with Crippen LogP contribution in [0.4, 0.5) is 0 Å². The second-order valence-corrected chi connectivity index (χ2v) is 8.46. The predicted molar refractivity (Wildman–Crippen MR) is 152 cm³/mol. The number of hydrogen-bond donors (Lipinski definition) is 1. The Kier molecular flexibility index (Phi) is 9.88. The van der Waals surface area contributed by atoms with Crippen molar-refractivity contribution in [2.45, 2.75) is 20.5 Å². The van der Waals surface area contributed by atoms with E-state index in [2.05, 4.69) is 10.5 Å². The van der Waals surface area contributed by atoms with Crippen molar-refractivity contribution in [3.63, 3.8) is 0 Å². The number of hydrogen-bond acceptors (Lipinski definition) is 7. The van der Waals surface area contributed by atoms with Crippen molar-refractivity contribution in [3.8, 4) is 23.0 Å². The van der Waals surface area contributed by atoms with Gasteiger partial charge in [-0.1, -0.05) is 42.5 Å². The van der Waals surface area contributed by atoms with Crippen molar-refractivity contribution in [1.82, 2.24) is 5.43 Å². The van der Waals surface area contributed by atoms with Crippen molar-refractivity contribution in [2.75, 3.05) is 13.2 Å². The Morgan fingerprint density at radius 1 is 0.750 bits per heavy atom. The van der Waals surface area contributed by atoms with E-state index >= 15 is 0 Å². The molecule has 0 spiro atoms. The van der Waals surface area contributed by atoms with Gasteiger partial charge in [0.05, 0.1) is 30.6 Å². The Morgan fingerprint density at radius 2 is 1.48 bits per heavy atom. The first-order valence-corrected chi connectivity index (χ1v) is 12.9. The second-order valence-electron chi connectivity index (χ2n) is 8.46. The molecule has 4 aromatic rings. The summed E-state index contributed by atoms with van der Waals surface area (Å²) in [4.78, 5) is 25.5. The first-order valence-electron chi connectivity index (χ1n) is 12.9. The molecule has 0 aliphatic heterocycles. The number of nitrogens with one attached hydrogen (secondary N) is 1. The molecule has 0 heterocycles. The zero-order valence-electron chi connectivity index (χ0n) is 22.3. The van der Waals surface area contributed by atoms with Gasteiger partial charge in [-0.3, -0.25) is 4.79 Å². The molecule has 1 N–H and O–H groups in total. The van der Waals surface area contributed by atoms with E-state index in [0.29, 0.717) is 53.8 Å². The molecule has 8 nitrogen and oxygen atoms in total. The van der Waals surface area contributed by atoms with Gasteiger partial charge in [-0.15, -0.1) is 0 Å². The molecule has 1 amide bonds. The minimum Gasteiger partial charge on any atom is -0.494 e. The first kappa shape index (κ1) is 27.9. The van der Waals surface area contributed by atoms with E-state index in [0.717, 1.165) is 5.56 Å². The summed E-state index contributed by atoms with van der Waals surface area (Å²) in [6, 6.07) is 28.4. The van der Waals surface area contributed by atoms with Crippen LogP contribution in [0.2, 0.25) is 0 Å². The highest BCUT2D eigenvalue weighted by molar-refractivity contribution is 5.97. The van der Waals surface area contributed by atoms with E-state index in [-0.39, 0.29) is 5.75 Å². The van der Waals surface area contributed by atoms with E-state index in [9.17, 15) is 9.59 Å². The number of esters is 1. The van der Waals surface area contributed by atoms with Crippen LogP contribution in [0.5, 0.6) is 23.0 Å². The standard InChI is InChI=1S/C32H30N2O6/c1-3-37-26-17-15-25(16-18-26)32(36)40-29-19-14-24(20-30(29)38-4-2)21-33-34-31(35)27-12-8-9-13-28(27)39-22-23-10-6-5-7-11-23/h5-21H,3-4,22H2,1-2H3,(H,34,35)/b33-21+. The lowest BCUT2D eigenvalue weighted by Crippen LogP contribution is -2.18. The summed E-state index contributed by atoms with van der Waals surface area (Å²) in [5, 5.41) is 4.08. The lowest BCUT2D eigenvalue weighted by Gasteiger charge is -2.12. The second kappa shape index (κ2) is 14.2. The number of hydrazone groups is 1. The van der Waals surface area contributed by atoms with Crippen LogP contribution >= 0.6 is 0 Å². The van der Waals surface area contributed by atoms with Gasteiger partial charge in [-0.25, -0.2) is 10.2 Å². The quantitative estimate of drug-likeness (QED) is 0.102. The topological polar surface area (TPSA) is 95.5 Å². The lowest BCUT2D eigenvalue weighted by atomic mass is 10.2. The maximum Gasteiger partial charge on any atom is 0.343 e. The molecule has 40 heavy (non-hydrogen) atoms. The minimum absolute atomic E-state index is 0.270. The molecule has 8 heteroatoms. The molecule has 0 saturated heterocycles. The first-order chi connectivity index (χ1) is 19.6. The molecule has 0 atom stereocenters. The van der Waals surface area contributed by atoms with Crippen LogP contribution in [0.3, 0.4) is 0 Å². The maximum absolute atomic E-state index is 12.8. The number of carbonyl (C=O) groups excluding carboxylic acids is 2. The maximum atomic E-state index is 12.8. The van der Waals surface area contributed by atoms with Gasteiger partial charge in [-0.2, -0.15) is 5.10 Å². The van der Waals surface area contributed by atoms with Gasteiger partial charge in [0.15, 0.2) is 11.5 Å². The molecule has 204 valence electrons. The lowest BCUT2D eigenvalue weighted by molar-refractivity contribution is 0.0728. The summed E-state index contributed by atoms with van der Waals surface area (Å²) in [7, 11) is 0. The zero-order valence-corrected chi connectivity index (χ0v) is 22.3. The Labute approximate surface area is 233 Å². The van der Waals surface area contributed by atoms with Gasteiger partial charge in [-0.05, 0) is 79.6 Å². The molecule has 0 aliphatic rings. The molecular weight excluding hydrogens is 508 g/mol. The van der Waals surface area contributed by atoms with Crippen molar-refractivity contribution in [2.24, 2.45) is 5.10 Å². The number of rotatable bonds is 12.